The molecule has 27 heavy (non-hydrogen) atoms. The second-order valence-electron chi connectivity index (χ2n) is 6.58. The summed E-state index contributed by atoms with van der Waals surface area (Å²) in [6, 6.07) is 12.8. The van der Waals surface area contributed by atoms with Gasteiger partial charge in [0, 0.05) is 35.4 Å². The quantitative estimate of drug-likeness (QED) is 0.729. The van der Waals surface area contributed by atoms with E-state index in [1.807, 2.05) is 0 Å². The van der Waals surface area contributed by atoms with Crippen LogP contribution in [-0.2, 0) is 10.0 Å². The average molecular weight is 453 g/mol. The fourth-order valence-electron chi connectivity index (χ4n) is 3.12. The van der Waals surface area contributed by atoms with Crippen LogP contribution >= 0.6 is 15.9 Å². The number of carbonyl (C=O) groups excluding carboxylic acids is 1. The molecule has 0 aliphatic carbocycles. The van der Waals surface area contributed by atoms with E-state index in [9.17, 15) is 18.3 Å². The van der Waals surface area contributed by atoms with Crippen molar-refractivity contribution in [3.63, 3.8) is 0 Å². The van der Waals surface area contributed by atoms with Crippen LogP contribution in [0.5, 0.6) is 0 Å². The number of aliphatic hydroxyl groups excluding tert-OH is 1. The number of amides is 1. The maximum atomic E-state index is 12.7. The number of halogens is 1. The minimum absolute atomic E-state index is 0.0663. The fraction of sp³-hybridized carbons (Fsp3) is 0.316. The summed E-state index contributed by atoms with van der Waals surface area (Å²) >= 11 is 3.28. The number of carbonyl (C=O) groups is 1. The van der Waals surface area contributed by atoms with Crippen LogP contribution in [0.4, 0.5) is 5.69 Å². The van der Waals surface area contributed by atoms with Gasteiger partial charge in [-0.3, -0.25) is 9.52 Å². The van der Waals surface area contributed by atoms with Crippen LogP contribution in [0.25, 0.3) is 0 Å². The Balaban J connectivity index is 1.77. The van der Waals surface area contributed by atoms with Gasteiger partial charge in [0.05, 0.1) is 4.90 Å². The summed E-state index contributed by atoms with van der Waals surface area (Å²) in [5, 5.41) is 9.34. The molecule has 1 unspecified atom stereocenters. The van der Waals surface area contributed by atoms with E-state index < -0.39 is 10.0 Å². The van der Waals surface area contributed by atoms with E-state index in [4.69, 9.17) is 0 Å². The van der Waals surface area contributed by atoms with Crippen LogP contribution in [0.2, 0.25) is 0 Å². The zero-order valence-corrected chi connectivity index (χ0v) is 17.0. The summed E-state index contributed by atoms with van der Waals surface area (Å²) in [6.07, 6.45) is 1.76. The molecule has 8 heteroatoms. The Morgan fingerprint density at radius 3 is 2.67 bits per heavy atom. The molecule has 1 amide bonds. The van der Waals surface area contributed by atoms with Crippen molar-refractivity contribution in [2.24, 2.45) is 5.92 Å². The molecule has 144 valence electrons. The summed E-state index contributed by atoms with van der Waals surface area (Å²) in [7, 11) is -3.74. The molecule has 2 aromatic rings. The van der Waals surface area contributed by atoms with Crippen LogP contribution < -0.4 is 4.72 Å². The van der Waals surface area contributed by atoms with Gasteiger partial charge in [-0.2, -0.15) is 0 Å². The van der Waals surface area contributed by atoms with Crippen molar-refractivity contribution >= 4 is 37.5 Å². The van der Waals surface area contributed by atoms with Crippen molar-refractivity contribution in [2.45, 2.75) is 17.7 Å². The van der Waals surface area contributed by atoms with Crippen LogP contribution in [0.3, 0.4) is 0 Å². The number of sulfonamides is 1. The Kier molecular flexibility index (Phi) is 6.18. The number of hydrogen-bond donors (Lipinski definition) is 2. The van der Waals surface area contributed by atoms with Crippen molar-refractivity contribution in [1.82, 2.24) is 4.90 Å². The van der Waals surface area contributed by atoms with E-state index in [0.29, 0.717) is 24.3 Å². The molecule has 0 radical (unpaired) electrons. The van der Waals surface area contributed by atoms with Crippen molar-refractivity contribution in [3.05, 3.63) is 58.6 Å². The third kappa shape index (κ3) is 4.88. The lowest BCUT2D eigenvalue weighted by molar-refractivity contribution is 0.0620. The molecule has 2 aromatic carbocycles. The zero-order valence-electron chi connectivity index (χ0n) is 14.6. The van der Waals surface area contributed by atoms with Crippen LogP contribution in [0, 0.1) is 5.92 Å². The van der Waals surface area contributed by atoms with Crippen molar-refractivity contribution < 1.29 is 18.3 Å². The van der Waals surface area contributed by atoms with Gasteiger partial charge in [-0.15, -0.1) is 0 Å². The second kappa shape index (κ2) is 8.41. The third-order valence-corrected chi connectivity index (χ3v) is 6.48. The highest BCUT2D eigenvalue weighted by molar-refractivity contribution is 9.10. The van der Waals surface area contributed by atoms with Gasteiger partial charge in [-0.25, -0.2) is 8.42 Å². The summed E-state index contributed by atoms with van der Waals surface area (Å²) in [4.78, 5) is 14.6. The Bertz CT molecular complexity index is 916. The first kappa shape index (κ1) is 19.9. The summed E-state index contributed by atoms with van der Waals surface area (Å²) < 4.78 is 28.4. The van der Waals surface area contributed by atoms with Gasteiger partial charge in [0.25, 0.3) is 15.9 Å². The summed E-state index contributed by atoms with van der Waals surface area (Å²) in [6.45, 7) is 1.23. The van der Waals surface area contributed by atoms with E-state index in [0.717, 1.165) is 17.3 Å². The smallest absolute Gasteiger partial charge is 0.261 e. The maximum Gasteiger partial charge on any atom is 0.261 e. The Morgan fingerprint density at radius 2 is 1.96 bits per heavy atom. The number of nitrogens with zero attached hydrogens (tertiary/aromatic N) is 1. The molecule has 0 bridgehead atoms. The predicted molar refractivity (Wildman–Crippen MR) is 107 cm³/mol. The molecule has 3 rings (SSSR count). The Morgan fingerprint density at radius 1 is 1.22 bits per heavy atom. The third-order valence-electron chi connectivity index (χ3n) is 4.55. The van der Waals surface area contributed by atoms with Gasteiger partial charge in [0.1, 0.15) is 0 Å². The van der Waals surface area contributed by atoms with Crippen LogP contribution in [-0.4, -0.2) is 44.0 Å². The normalized spacial score (nSPS) is 17.6. The summed E-state index contributed by atoms with van der Waals surface area (Å²) in [5.41, 5.74) is 0.754. The zero-order chi connectivity index (χ0) is 19.4. The minimum atomic E-state index is -3.74. The molecule has 0 aromatic heterocycles. The molecule has 1 fully saturated rings. The molecule has 6 nitrogen and oxygen atoms in total. The lowest BCUT2D eigenvalue weighted by atomic mass is 9.98. The number of piperidine rings is 1. The second-order valence-corrected chi connectivity index (χ2v) is 9.18. The van der Waals surface area contributed by atoms with E-state index in [1.54, 1.807) is 41.3 Å². The number of benzene rings is 2. The number of rotatable bonds is 5. The molecule has 0 saturated carbocycles. The molecular formula is C19H21BrN2O4S. The molecule has 1 atom stereocenters. The lowest BCUT2D eigenvalue weighted by Crippen LogP contribution is -2.40. The first-order valence-corrected chi connectivity index (χ1v) is 11.0. The van der Waals surface area contributed by atoms with Gasteiger partial charge in [-0.1, -0.05) is 22.0 Å². The number of aliphatic hydroxyl groups is 1. The van der Waals surface area contributed by atoms with Crippen LogP contribution in [0.1, 0.15) is 23.2 Å². The van der Waals surface area contributed by atoms with Gasteiger partial charge in [0.15, 0.2) is 0 Å². The first-order chi connectivity index (χ1) is 12.9. The molecule has 2 N–H and O–H groups in total. The number of hydrogen-bond acceptors (Lipinski definition) is 4. The molecule has 0 spiro atoms. The number of anilines is 1. The minimum Gasteiger partial charge on any atom is -0.396 e. The van der Waals surface area contributed by atoms with Crippen LogP contribution in [0.15, 0.2) is 57.9 Å². The highest BCUT2D eigenvalue weighted by Crippen LogP contribution is 2.22. The van der Waals surface area contributed by atoms with Gasteiger partial charge in [0.2, 0.25) is 0 Å². The van der Waals surface area contributed by atoms with Crippen molar-refractivity contribution in [2.75, 3.05) is 24.4 Å². The standard InChI is InChI=1S/C19H21BrN2O4S/c20-16-6-8-18(9-7-16)27(25,26)21-17-5-1-4-15(11-17)19(24)22-10-2-3-14(12-22)13-23/h1,4-9,11,14,21,23H,2-3,10,12-13H2. The molecule has 1 saturated heterocycles. The number of likely N-dealkylation sites (tertiary alicyclic amines) is 1. The maximum absolute atomic E-state index is 12.7. The van der Waals surface area contributed by atoms with Gasteiger partial charge < -0.3 is 10.0 Å². The van der Waals surface area contributed by atoms with Gasteiger partial charge in [-0.05, 0) is 61.2 Å². The average Bonchev–Trinajstić information content (AvgIpc) is 2.67. The van der Waals surface area contributed by atoms with Crippen molar-refractivity contribution in [1.29, 1.82) is 0 Å². The number of nitrogens with one attached hydrogen (secondary N) is 1. The monoisotopic (exact) mass is 452 g/mol. The largest absolute Gasteiger partial charge is 0.396 e. The molecular weight excluding hydrogens is 432 g/mol. The lowest BCUT2D eigenvalue weighted by Gasteiger charge is -2.32. The predicted octanol–water partition coefficient (Wildman–Crippen LogP) is 3.09. The molecule has 1 aliphatic heterocycles. The highest BCUT2D eigenvalue weighted by atomic mass is 79.9. The SMILES string of the molecule is O=C(c1cccc(NS(=O)(=O)c2ccc(Br)cc2)c1)N1CCCC(CO)C1. The van der Waals surface area contributed by atoms with E-state index in [2.05, 4.69) is 20.7 Å². The topological polar surface area (TPSA) is 86.7 Å². The van der Waals surface area contributed by atoms with E-state index >= 15 is 0 Å². The van der Waals surface area contributed by atoms with E-state index in [-0.39, 0.29) is 23.3 Å². The fourth-order valence-corrected chi connectivity index (χ4v) is 4.44. The Labute approximate surface area is 167 Å². The molecule has 1 heterocycles. The van der Waals surface area contributed by atoms with E-state index in [1.165, 1.54) is 12.1 Å². The van der Waals surface area contributed by atoms with Gasteiger partial charge >= 0.3 is 0 Å². The first-order valence-electron chi connectivity index (χ1n) is 8.67. The molecule has 1 aliphatic rings. The van der Waals surface area contributed by atoms with Crippen molar-refractivity contribution in [3.8, 4) is 0 Å². The highest BCUT2D eigenvalue weighted by Gasteiger charge is 2.24. The Hall–Kier alpha value is -1.90. The summed E-state index contributed by atoms with van der Waals surface area (Å²) in [5.74, 6) is -0.0559.